The van der Waals surface area contributed by atoms with Crippen LogP contribution in [0, 0.1) is 0 Å². The molecule has 1 aromatic carbocycles. The number of benzene rings is 1. The minimum absolute atomic E-state index is 0.0478. The molecule has 0 aliphatic heterocycles. The lowest BCUT2D eigenvalue weighted by molar-refractivity contribution is 0.208. The van der Waals surface area contributed by atoms with Crippen molar-refractivity contribution in [2.45, 2.75) is 32.8 Å². The Morgan fingerprint density at radius 1 is 1.32 bits per heavy atom. The van der Waals surface area contributed by atoms with Crippen LogP contribution in [0.1, 0.15) is 37.6 Å². The van der Waals surface area contributed by atoms with Gasteiger partial charge in [0.1, 0.15) is 11.8 Å². The predicted molar refractivity (Wildman–Crippen MR) is 77.1 cm³/mol. The van der Waals surface area contributed by atoms with Crippen molar-refractivity contribution in [3.05, 3.63) is 41.6 Å². The molecule has 1 heterocycles. The van der Waals surface area contributed by atoms with Crippen molar-refractivity contribution in [3.8, 4) is 5.88 Å². The van der Waals surface area contributed by atoms with Crippen LogP contribution in [-0.4, -0.2) is 9.78 Å². The summed E-state index contributed by atoms with van der Waals surface area (Å²) >= 11 is 0. The van der Waals surface area contributed by atoms with E-state index in [1.807, 2.05) is 44.3 Å². The van der Waals surface area contributed by atoms with Gasteiger partial charge in [-0.1, -0.05) is 43.7 Å². The van der Waals surface area contributed by atoms with Crippen LogP contribution in [0.4, 0.5) is 5.69 Å². The fourth-order valence-corrected chi connectivity index (χ4v) is 2.10. The molecule has 0 saturated carbocycles. The van der Waals surface area contributed by atoms with E-state index in [-0.39, 0.29) is 6.10 Å². The molecule has 0 bridgehead atoms. The Morgan fingerprint density at radius 2 is 2.00 bits per heavy atom. The molecule has 102 valence electrons. The van der Waals surface area contributed by atoms with Gasteiger partial charge in [-0.05, 0) is 18.9 Å². The van der Waals surface area contributed by atoms with Crippen molar-refractivity contribution in [2.24, 2.45) is 7.05 Å². The van der Waals surface area contributed by atoms with Gasteiger partial charge in [-0.3, -0.25) is 0 Å². The standard InChI is InChI=1S/C15H21N3O/c1-4-8-13-14(16)15(18(3)17-13)19-11(2)12-9-6-5-7-10-12/h5-7,9-11H,4,8,16H2,1-3H3. The molecule has 4 nitrogen and oxygen atoms in total. The summed E-state index contributed by atoms with van der Waals surface area (Å²) in [5, 5.41) is 4.41. The van der Waals surface area contributed by atoms with Gasteiger partial charge in [0.15, 0.2) is 0 Å². The molecule has 1 aromatic heterocycles. The molecule has 0 aliphatic carbocycles. The van der Waals surface area contributed by atoms with E-state index in [0.717, 1.165) is 24.1 Å². The summed E-state index contributed by atoms with van der Waals surface area (Å²) in [6, 6.07) is 10.1. The zero-order chi connectivity index (χ0) is 13.8. The number of hydrogen-bond acceptors (Lipinski definition) is 3. The number of anilines is 1. The molecular formula is C15H21N3O. The van der Waals surface area contributed by atoms with Crippen LogP contribution in [0.25, 0.3) is 0 Å². The lowest BCUT2D eigenvalue weighted by Gasteiger charge is -2.15. The highest BCUT2D eigenvalue weighted by Gasteiger charge is 2.17. The lowest BCUT2D eigenvalue weighted by atomic mass is 10.1. The summed E-state index contributed by atoms with van der Waals surface area (Å²) in [5.74, 6) is 0.653. The topological polar surface area (TPSA) is 53.1 Å². The Kier molecular flexibility index (Phi) is 4.10. The molecule has 2 rings (SSSR count). The minimum atomic E-state index is -0.0478. The van der Waals surface area contributed by atoms with Gasteiger partial charge in [0.2, 0.25) is 5.88 Å². The van der Waals surface area contributed by atoms with Crippen LogP contribution in [0.3, 0.4) is 0 Å². The zero-order valence-corrected chi connectivity index (χ0v) is 11.8. The summed E-state index contributed by atoms with van der Waals surface area (Å²) in [6.07, 6.45) is 1.85. The highest BCUT2D eigenvalue weighted by Crippen LogP contribution is 2.29. The molecule has 0 radical (unpaired) electrons. The Bertz CT molecular complexity index is 534. The van der Waals surface area contributed by atoms with Gasteiger partial charge in [-0.2, -0.15) is 5.10 Å². The molecule has 2 N–H and O–H groups in total. The number of nitrogens with two attached hydrogens (primary N) is 1. The summed E-state index contributed by atoms with van der Waals surface area (Å²) in [7, 11) is 1.86. The molecule has 0 saturated heterocycles. The molecule has 1 unspecified atom stereocenters. The second-order valence-corrected chi connectivity index (χ2v) is 4.71. The summed E-state index contributed by atoms with van der Waals surface area (Å²) in [6.45, 7) is 4.13. The van der Waals surface area contributed by atoms with E-state index in [1.54, 1.807) is 4.68 Å². The lowest BCUT2D eigenvalue weighted by Crippen LogP contribution is -2.07. The molecule has 0 spiro atoms. The molecule has 4 heteroatoms. The predicted octanol–water partition coefficient (Wildman–Crippen LogP) is 3.09. The minimum Gasteiger partial charge on any atom is -0.468 e. The number of nitrogen functional groups attached to an aromatic ring is 1. The smallest absolute Gasteiger partial charge is 0.236 e. The largest absolute Gasteiger partial charge is 0.468 e. The molecule has 0 aliphatic rings. The molecule has 0 amide bonds. The van der Waals surface area contributed by atoms with E-state index in [0.29, 0.717) is 11.6 Å². The van der Waals surface area contributed by atoms with Crippen molar-refractivity contribution < 1.29 is 4.74 Å². The fourth-order valence-electron chi connectivity index (χ4n) is 2.10. The Balaban J connectivity index is 2.19. The summed E-state index contributed by atoms with van der Waals surface area (Å²) in [4.78, 5) is 0. The second kappa shape index (κ2) is 5.78. The summed E-state index contributed by atoms with van der Waals surface area (Å²) < 4.78 is 7.69. The number of aryl methyl sites for hydroxylation is 2. The quantitative estimate of drug-likeness (QED) is 0.897. The van der Waals surface area contributed by atoms with Crippen molar-refractivity contribution in [2.75, 3.05) is 5.73 Å². The third-order valence-corrected chi connectivity index (χ3v) is 3.15. The van der Waals surface area contributed by atoms with Gasteiger partial charge in [-0.15, -0.1) is 0 Å². The Morgan fingerprint density at radius 3 is 2.63 bits per heavy atom. The van der Waals surface area contributed by atoms with Crippen LogP contribution in [-0.2, 0) is 13.5 Å². The summed E-state index contributed by atoms with van der Waals surface area (Å²) in [5.41, 5.74) is 8.81. The van der Waals surface area contributed by atoms with E-state index in [2.05, 4.69) is 12.0 Å². The third kappa shape index (κ3) is 2.89. The van der Waals surface area contributed by atoms with E-state index < -0.39 is 0 Å². The van der Waals surface area contributed by atoms with Gasteiger partial charge in [0, 0.05) is 7.05 Å². The van der Waals surface area contributed by atoms with Gasteiger partial charge in [-0.25, -0.2) is 4.68 Å². The van der Waals surface area contributed by atoms with Crippen molar-refractivity contribution in [1.82, 2.24) is 9.78 Å². The average Bonchev–Trinajstić information content (AvgIpc) is 2.68. The van der Waals surface area contributed by atoms with Crippen LogP contribution in [0.5, 0.6) is 5.88 Å². The Hall–Kier alpha value is -1.97. The first kappa shape index (κ1) is 13.5. The number of ether oxygens (including phenoxy) is 1. The Labute approximate surface area is 114 Å². The number of aromatic nitrogens is 2. The monoisotopic (exact) mass is 259 g/mol. The van der Waals surface area contributed by atoms with Gasteiger partial charge in [0.05, 0.1) is 5.69 Å². The third-order valence-electron chi connectivity index (χ3n) is 3.15. The molecule has 19 heavy (non-hydrogen) atoms. The maximum Gasteiger partial charge on any atom is 0.236 e. The number of rotatable bonds is 5. The van der Waals surface area contributed by atoms with Gasteiger partial charge >= 0.3 is 0 Å². The molecular weight excluding hydrogens is 238 g/mol. The molecule has 2 aromatic rings. The number of nitrogens with zero attached hydrogens (tertiary/aromatic N) is 2. The first-order chi connectivity index (χ1) is 9.13. The zero-order valence-electron chi connectivity index (χ0n) is 11.8. The average molecular weight is 259 g/mol. The fraction of sp³-hybridized carbons (Fsp3) is 0.400. The van der Waals surface area contributed by atoms with Gasteiger partial charge < -0.3 is 10.5 Å². The first-order valence-electron chi connectivity index (χ1n) is 6.66. The SMILES string of the molecule is CCCc1nn(C)c(OC(C)c2ccccc2)c1N. The van der Waals surface area contributed by atoms with Crippen molar-refractivity contribution >= 4 is 5.69 Å². The van der Waals surface area contributed by atoms with E-state index in [9.17, 15) is 0 Å². The van der Waals surface area contributed by atoms with Crippen LogP contribution in [0.2, 0.25) is 0 Å². The number of hydrogen-bond donors (Lipinski definition) is 1. The van der Waals surface area contributed by atoms with E-state index in [1.165, 1.54) is 0 Å². The first-order valence-corrected chi connectivity index (χ1v) is 6.66. The molecule has 1 atom stereocenters. The highest BCUT2D eigenvalue weighted by molar-refractivity contribution is 5.53. The second-order valence-electron chi connectivity index (χ2n) is 4.71. The van der Waals surface area contributed by atoms with Crippen molar-refractivity contribution in [1.29, 1.82) is 0 Å². The van der Waals surface area contributed by atoms with Crippen molar-refractivity contribution in [3.63, 3.8) is 0 Å². The van der Waals surface area contributed by atoms with Crippen LogP contribution < -0.4 is 10.5 Å². The highest BCUT2D eigenvalue weighted by atomic mass is 16.5. The van der Waals surface area contributed by atoms with Crippen LogP contribution in [0.15, 0.2) is 30.3 Å². The van der Waals surface area contributed by atoms with E-state index in [4.69, 9.17) is 10.5 Å². The normalized spacial score (nSPS) is 12.4. The van der Waals surface area contributed by atoms with E-state index >= 15 is 0 Å². The van der Waals surface area contributed by atoms with Crippen LogP contribution >= 0.6 is 0 Å². The molecule has 0 fully saturated rings. The van der Waals surface area contributed by atoms with Gasteiger partial charge in [0.25, 0.3) is 0 Å². The maximum absolute atomic E-state index is 6.11. The maximum atomic E-state index is 6.11.